The standard InChI is InChI=1S/C22H22S3/c1-18(24-20-13-7-3-8-14-20)22(25-21-15-9-4-10-16-21)17-23-19-11-5-2-6-12-19/h2-16,18,22H,17H2,1H3. The summed E-state index contributed by atoms with van der Waals surface area (Å²) in [4.78, 5) is 4.04. The largest absolute Gasteiger partial charge is 0.125 e. The van der Waals surface area contributed by atoms with Gasteiger partial charge >= 0.3 is 0 Å². The quantitative estimate of drug-likeness (QED) is 0.381. The third-order valence-corrected chi connectivity index (χ3v) is 7.96. The van der Waals surface area contributed by atoms with E-state index in [0.717, 1.165) is 5.75 Å². The molecule has 0 spiro atoms. The Hall–Kier alpha value is -1.29. The molecule has 128 valence electrons. The Morgan fingerprint density at radius 1 is 0.600 bits per heavy atom. The first-order chi connectivity index (χ1) is 12.3. The fourth-order valence-electron chi connectivity index (χ4n) is 2.42. The number of rotatable bonds is 8. The monoisotopic (exact) mass is 382 g/mol. The third kappa shape index (κ3) is 6.18. The Labute approximate surface area is 163 Å². The molecule has 0 aromatic heterocycles. The van der Waals surface area contributed by atoms with Gasteiger partial charge in [-0.3, -0.25) is 0 Å². The van der Waals surface area contributed by atoms with Crippen LogP contribution in [-0.2, 0) is 0 Å². The van der Waals surface area contributed by atoms with E-state index in [1.54, 1.807) is 0 Å². The van der Waals surface area contributed by atoms with Crippen LogP contribution in [0, 0.1) is 0 Å². The molecule has 25 heavy (non-hydrogen) atoms. The summed E-state index contributed by atoms with van der Waals surface area (Å²) in [5, 5.41) is 1.07. The van der Waals surface area contributed by atoms with E-state index in [-0.39, 0.29) is 0 Å². The summed E-state index contributed by atoms with van der Waals surface area (Å²) in [6.07, 6.45) is 0. The van der Waals surface area contributed by atoms with Gasteiger partial charge in [0.15, 0.2) is 0 Å². The van der Waals surface area contributed by atoms with Crippen molar-refractivity contribution in [3.8, 4) is 0 Å². The fraction of sp³-hybridized carbons (Fsp3) is 0.182. The van der Waals surface area contributed by atoms with Gasteiger partial charge < -0.3 is 0 Å². The molecule has 0 N–H and O–H groups in total. The van der Waals surface area contributed by atoms with Crippen LogP contribution in [0.25, 0.3) is 0 Å². The molecule has 0 aliphatic carbocycles. The fourth-order valence-corrected chi connectivity index (χ4v) is 6.20. The van der Waals surface area contributed by atoms with Gasteiger partial charge in [0.1, 0.15) is 0 Å². The minimum absolute atomic E-state index is 0.531. The molecule has 3 rings (SSSR count). The second-order valence-corrected chi connectivity index (χ2v) is 9.59. The zero-order valence-electron chi connectivity index (χ0n) is 14.2. The van der Waals surface area contributed by atoms with Crippen LogP contribution < -0.4 is 0 Å². The van der Waals surface area contributed by atoms with Crippen LogP contribution in [0.3, 0.4) is 0 Å². The molecule has 0 radical (unpaired) electrons. The minimum Gasteiger partial charge on any atom is -0.125 e. The van der Waals surface area contributed by atoms with Gasteiger partial charge in [-0.05, 0) is 36.4 Å². The summed E-state index contributed by atoms with van der Waals surface area (Å²) in [6.45, 7) is 2.35. The summed E-state index contributed by atoms with van der Waals surface area (Å²) in [6, 6.07) is 32.2. The lowest BCUT2D eigenvalue weighted by atomic mass is 10.3. The molecule has 0 saturated carbocycles. The summed E-state index contributed by atoms with van der Waals surface area (Å²) >= 11 is 5.92. The molecule has 0 heterocycles. The van der Waals surface area contributed by atoms with E-state index in [1.807, 2.05) is 35.3 Å². The Morgan fingerprint density at radius 3 is 1.56 bits per heavy atom. The lowest BCUT2D eigenvalue weighted by molar-refractivity contribution is 0.935. The van der Waals surface area contributed by atoms with E-state index < -0.39 is 0 Å². The summed E-state index contributed by atoms with van der Waals surface area (Å²) in [5.74, 6) is 1.10. The van der Waals surface area contributed by atoms with Crippen molar-refractivity contribution in [3.63, 3.8) is 0 Å². The van der Waals surface area contributed by atoms with Crippen molar-refractivity contribution in [2.45, 2.75) is 32.1 Å². The van der Waals surface area contributed by atoms with E-state index >= 15 is 0 Å². The average Bonchev–Trinajstić information content (AvgIpc) is 2.67. The molecule has 3 aromatic carbocycles. The van der Waals surface area contributed by atoms with E-state index in [9.17, 15) is 0 Å². The molecular weight excluding hydrogens is 360 g/mol. The molecule has 0 bridgehead atoms. The molecule has 3 heteroatoms. The molecular formula is C22H22S3. The lowest BCUT2D eigenvalue weighted by Crippen LogP contribution is -2.19. The Kier molecular flexibility index (Phi) is 7.40. The smallest absolute Gasteiger partial charge is 0.0308 e. The predicted molar refractivity (Wildman–Crippen MR) is 115 cm³/mol. The van der Waals surface area contributed by atoms with Crippen LogP contribution in [-0.4, -0.2) is 16.3 Å². The van der Waals surface area contributed by atoms with Gasteiger partial charge in [0, 0.05) is 30.9 Å². The molecule has 0 aliphatic rings. The zero-order chi connectivity index (χ0) is 17.3. The Balaban J connectivity index is 1.68. The molecule has 2 atom stereocenters. The van der Waals surface area contributed by atoms with Crippen LogP contribution in [0.5, 0.6) is 0 Å². The summed E-state index contributed by atoms with van der Waals surface area (Å²) < 4.78 is 0. The minimum atomic E-state index is 0.531. The van der Waals surface area contributed by atoms with E-state index in [4.69, 9.17) is 0 Å². The summed E-state index contributed by atoms with van der Waals surface area (Å²) in [5.41, 5.74) is 0. The molecule has 0 saturated heterocycles. The molecule has 0 amide bonds. The van der Waals surface area contributed by atoms with Gasteiger partial charge in [-0.15, -0.1) is 35.3 Å². The van der Waals surface area contributed by atoms with E-state index in [2.05, 4.69) is 97.9 Å². The summed E-state index contributed by atoms with van der Waals surface area (Å²) in [7, 11) is 0. The Morgan fingerprint density at radius 2 is 1.04 bits per heavy atom. The highest BCUT2D eigenvalue weighted by atomic mass is 32.2. The highest BCUT2D eigenvalue weighted by Gasteiger charge is 2.20. The maximum absolute atomic E-state index is 2.35. The van der Waals surface area contributed by atoms with Crippen LogP contribution in [0.15, 0.2) is 106 Å². The highest BCUT2D eigenvalue weighted by Crippen LogP contribution is 2.37. The number of thioether (sulfide) groups is 3. The van der Waals surface area contributed by atoms with Gasteiger partial charge in [-0.1, -0.05) is 61.5 Å². The van der Waals surface area contributed by atoms with Crippen LogP contribution >= 0.6 is 35.3 Å². The van der Waals surface area contributed by atoms with Gasteiger partial charge in [-0.2, -0.15) is 0 Å². The van der Waals surface area contributed by atoms with Gasteiger partial charge in [-0.25, -0.2) is 0 Å². The molecule has 3 aromatic rings. The second kappa shape index (κ2) is 10.0. The average molecular weight is 383 g/mol. The van der Waals surface area contributed by atoms with Crippen molar-refractivity contribution in [2.24, 2.45) is 0 Å². The van der Waals surface area contributed by atoms with Gasteiger partial charge in [0.25, 0.3) is 0 Å². The van der Waals surface area contributed by atoms with Gasteiger partial charge in [0.2, 0.25) is 0 Å². The topological polar surface area (TPSA) is 0 Å². The Bertz CT molecular complexity index is 729. The highest BCUT2D eigenvalue weighted by molar-refractivity contribution is 8.05. The van der Waals surface area contributed by atoms with Crippen LogP contribution in [0.2, 0.25) is 0 Å². The zero-order valence-corrected chi connectivity index (χ0v) is 16.7. The van der Waals surface area contributed by atoms with Gasteiger partial charge in [0.05, 0.1) is 0 Å². The van der Waals surface area contributed by atoms with Crippen molar-refractivity contribution in [2.75, 3.05) is 5.75 Å². The van der Waals surface area contributed by atoms with Crippen molar-refractivity contribution >= 4 is 35.3 Å². The maximum atomic E-state index is 2.35. The predicted octanol–water partition coefficient (Wildman–Crippen LogP) is 7.12. The molecule has 2 unspecified atom stereocenters. The lowest BCUT2D eigenvalue weighted by Gasteiger charge is -2.23. The van der Waals surface area contributed by atoms with Crippen molar-refractivity contribution in [3.05, 3.63) is 91.0 Å². The number of benzene rings is 3. The van der Waals surface area contributed by atoms with Crippen molar-refractivity contribution in [1.29, 1.82) is 0 Å². The number of hydrogen-bond donors (Lipinski definition) is 0. The molecule has 0 aliphatic heterocycles. The van der Waals surface area contributed by atoms with E-state index in [1.165, 1.54) is 14.7 Å². The third-order valence-electron chi connectivity index (χ3n) is 3.78. The van der Waals surface area contributed by atoms with E-state index in [0.29, 0.717) is 10.5 Å². The van der Waals surface area contributed by atoms with Crippen molar-refractivity contribution < 1.29 is 0 Å². The number of hydrogen-bond acceptors (Lipinski definition) is 3. The SMILES string of the molecule is CC(Sc1ccccc1)C(CSc1ccccc1)Sc1ccccc1. The molecule has 0 nitrogen and oxygen atoms in total. The van der Waals surface area contributed by atoms with Crippen LogP contribution in [0.4, 0.5) is 0 Å². The first-order valence-electron chi connectivity index (χ1n) is 8.42. The normalized spacial score (nSPS) is 13.3. The van der Waals surface area contributed by atoms with Crippen molar-refractivity contribution in [1.82, 2.24) is 0 Å². The first kappa shape index (κ1) is 18.5. The van der Waals surface area contributed by atoms with Crippen LogP contribution in [0.1, 0.15) is 6.92 Å². The maximum Gasteiger partial charge on any atom is 0.0308 e. The molecule has 0 fully saturated rings. The second-order valence-electron chi connectivity index (χ2n) is 5.73. The first-order valence-corrected chi connectivity index (χ1v) is 11.2.